The summed E-state index contributed by atoms with van der Waals surface area (Å²) in [5.74, 6) is -0.649. The maximum absolute atomic E-state index is 12.2. The lowest BCUT2D eigenvalue weighted by molar-refractivity contribution is -0.127. The molecule has 0 aliphatic heterocycles. The van der Waals surface area contributed by atoms with Crippen molar-refractivity contribution in [3.8, 4) is 0 Å². The number of hydrogen-bond donors (Lipinski definition) is 4. The summed E-state index contributed by atoms with van der Waals surface area (Å²) in [6.45, 7) is 1.28. The van der Waals surface area contributed by atoms with Crippen molar-refractivity contribution in [3.63, 3.8) is 0 Å². The maximum atomic E-state index is 12.2. The van der Waals surface area contributed by atoms with Crippen molar-refractivity contribution in [1.82, 2.24) is 10.8 Å². The van der Waals surface area contributed by atoms with Crippen LogP contribution in [0.15, 0.2) is 29.2 Å². The Morgan fingerprint density at radius 3 is 2.19 bits per heavy atom. The maximum Gasteiger partial charge on any atom is 0.446 e. The van der Waals surface area contributed by atoms with E-state index in [4.69, 9.17) is 10.6 Å². The van der Waals surface area contributed by atoms with Crippen molar-refractivity contribution in [1.29, 1.82) is 5.41 Å². The first-order valence-electron chi connectivity index (χ1n) is 5.72. The number of hydrogen-bond acceptors (Lipinski definition) is 5. The molecule has 1 aromatic carbocycles. The minimum Gasteiger partial charge on any atom is -0.357 e. The van der Waals surface area contributed by atoms with E-state index >= 15 is 0 Å². The fourth-order valence-corrected chi connectivity index (χ4v) is 2.12. The lowest BCUT2D eigenvalue weighted by atomic mass is 9.90. The van der Waals surface area contributed by atoms with E-state index in [1.165, 1.54) is 38.2 Å². The zero-order valence-electron chi connectivity index (χ0n) is 11.2. The molecule has 5 nitrogen and oxygen atoms in total. The van der Waals surface area contributed by atoms with Gasteiger partial charge in [0.1, 0.15) is 0 Å². The molecule has 116 valence electrons. The number of nitrogens with one attached hydrogen (secondary N) is 3. The smallest absolute Gasteiger partial charge is 0.357 e. The molecule has 0 aliphatic carbocycles. The van der Waals surface area contributed by atoms with E-state index in [0.717, 1.165) is 0 Å². The third kappa shape index (κ3) is 4.19. The Labute approximate surface area is 123 Å². The molecule has 0 spiro atoms. The highest BCUT2D eigenvalue weighted by Gasteiger charge is 2.37. The van der Waals surface area contributed by atoms with Crippen LogP contribution in [0.4, 0.5) is 13.2 Å². The van der Waals surface area contributed by atoms with Crippen molar-refractivity contribution < 1.29 is 23.2 Å². The molecule has 0 radical (unpaired) electrons. The van der Waals surface area contributed by atoms with Crippen molar-refractivity contribution >= 4 is 23.4 Å². The van der Waals surface area contributed by atoms with Crippen LogP contribution in [0.2, 0.25) is 0 Å². The molecular weight excluding hydrogens is 307 g/mol. The first-order chi connectivity index (χ1) is 9.64. The summed E-state index contributed by atoms with van der Waals surface area (Å²) in [4.78, 5) is 11.7. The molecule has 0 saturated carbocycles. The van der Waals surface area contributed by atoms with Crippen LogP contribution in [0.5, 0.6) is 0 Å². The van der Waals surface area contributed by atoms with Gasteiger partial charge in [-0.3, -0.25) is 4.79 Å². The summed E-state index contributed by atoms with van der Waals surface area (Å²) >= 11 is -0.270. The third-order valence-electron chi connectivity index (χ3n) is 2.78. The van der Waals surface area contributed by atoms with Crippen LogP contribution in [-0.2, 0) is 4.79 Å². The fourth-order valence-electron chi connectivity index (χ4n) is 1.58. The summed E-state index contributed by atoms with van der Waals surface area (Å²) in [5.41, 5.74) is -4.39. The quantitative estimate of drug-likeness (QED) is 0.380. The van der Waals surface area contributed by atoms with Gasteiger partial charge in [-0.05, 0) is 36.4 Å². The second kappa shape index (κ2) is 6.46. The van der Waals surface area contributed by atoms with Gasteiger partial charge in [-0.1, -0.05) is 12.1 Å². The van der Waals surface area contributed by atoms with Gasteiger partial charge in [-0.2, -0.15) is 18.7 Å². The second-order valence-electron chi connectivity index (χ2n) is 4.26. The van der Waals surface area contributed by atoms with Crippen LogP contribution in [0.1, 0.15) is 12.5 Å². The lowest BCUT2D eigenvalue weighted by Gasteiger charge is -2.26. The monoisotopic (exact) mass is 321 g/mol. The topological polar surface area (TPSA) is 85.2 Å². The zero-order valence-corrected chi connectivity index (χ0v) is 12.0. The predicted octanol–water partition coefficient (Wildman–Crippen LogP) is 2.15. The number of alkyl halides is 3. The number of thioether (sulfide) groups is 1. The van der Waals surface area contributed by atoms with E-state index in [1.807, 2.05) is 0 Å². The van der Waals surface area contributed by atoms with Crippen molar-refractivity contribution in [2.24, 2.45) is 0 Å². The van der Waals surface area contributed by atoms with Crippen LogP contribution in [-0.4, -0.2) is 34.9 Å². The molecule has 4 N–H and O–H groups in total. The van der Waals surface area contributed by atoms with Crippen LogP contribution >= 0.6 is 11.8 Å². The molecule has 9 heteroatoms. The molecule has 1 atom stereocenters. The van der Waals surface area contributed by atoms with E-state index in [0.29, 0.717) is 0 Å². The molecule has 0 bridgehead atoms. The molecular formula is C12H14F3N3O2S. The number of amides is 1. The molecule has 0 aromatic heterocycles. The minimum atomic E-state index is -4.39. The summed E-state index contributed by atoms with van der Waals surface area (Å²) in [6.07, 6.45) is 0. The minimum absolute atomic E-state index is 0.0300. The van der Waals surface area contributed by atoms with Gasteiger partial charge in [0.2, 0.25) is 5.91 Å². The number of rotatable bonds is 5. The van der Waals surface area contributed by atoms with Gasteiger partial charge >= 0.3 is 5.51 Å². The Balaban J connectivity index is 3.01. The average molecular weight is 321 g/mol. The van der Waals surface area contributed by atoms with Gasteiger partial charge < -0.3 is 15.9 Å². The van der Waals surface area contributed by atoms with Gasteiger partial charge in [-0.25, -0.2) is 0 Å². The standard InChI is InChI=1S/C12H14F3N3O2S/c1-11(18-20,10(19)17-2)9(16)7-3-5-8(6-4-7)21-12(13,14)15/h3-6,16,18,20H,1-2H3,(H,17,19). The molecule has 1 rings (SSSR count). The summed E-state index contributed by atoms with van der Waals surface area (Å²) in [7, 11) is 1.34. The Bertz CT molecular complexity index is 534. The summed E-state index contributed by atoms with van der Waals surface area (Å²) in [6, 6.07) is 4.97. The lowest BCUT2D eigenvalue weighted by Crippen LogP contribution is -2.58. The third-order valence-corrected chi connectivity index (χ3v) is 3.52. The highest BCUT2D eigenvalue weighted by molar-refractivity contribution is 8.00. The number of likely N-dealkylation sites (N-methyl/N-ethyl adjacent to an activating group) is 1. The van der Waals surface area contributed by atoms with E-state index in [1.54, 1.807) is 5.48 Å². The van der Waals surface area contributed by atoms with Crippen molar-refractivity contribution in [3.05, 3.63) is 29.8 Å². The summed E-state index contributed by atoms with van der Waals surface area (Å²) < 4.78 is 36.7. The molecule has 21 heavy (non-hydrogen) atoms. The second-order valence-corrected chi connectivity index (χ2v) is 5.40. The molecule has 0 saturated heterocycles. The first-order valence-corrected chi connectivity index (χ1v) is 6.54. The Morgan fingerprint density at radius 1 is 1.29 bits per heavy atom. The van der Waals surface area contributed by atoms with E-state index in [9.17, 15) is 18.0 Å². The molecule has 0 heterocycles. The Kier molecular flexibility index (Phi) is 5.37. The van der Waals surface area contributed by atoms with Crippen LogP contribution in [0.3, 0.4) is 0 Å². The van der Waals surface area contributed by atoms with Crippen molar-refractivity contribution in [2.75, 3.05) is 7.05 Å². The van der Waals surface area contributed by atoms with E-state index in [2.05, 4.69) is 5.32 Å². The van der Waals surface area contributed by atoms with Gasteiger partial charge in [-0.15, -0.1) is 0 Å². The fraction of sp³-hybridized carbons (Fsp3) is 0.333. The van der Waals surface area contributed by atoms with Crippen molar-refractivity contribution in [2.45, 2.75) is 22.9 Å². The number of carbonyl (C=O) groups is 1. The van der Waals surface area contributed by atoms with E-state index < -0.39 is 17.0 Å². The molecule has 1 amide bonds. The number of benzene rings is 1. The van der Waals surface area contributed by atoms with Gasteiger partial charge in [0.05, 0.1) is 5.71 Å². The first kappa shape index (κ1) is 17.5. The molecule has 0 aliphatic rings. The largest absolute Gasteiger partial charge is 0.446 e. The van der Waals surface area contributed by atoms with Gasteiger partial charge in [0, 0.05) is 11.9 Å². The average Bonchev–Trinajstić information content (AvgIpc) is 2.43. The normalized spacial score (nSPS) is 14.4. The highest BCUT2D eigenvalue weighted by Crippen LogP contribution is 2.36. The number of carbonyl (C=O) groups excluding carboxylic acids is 1. The molecule has 1 aromatic rings. The number of halogens is 3. The predicted molar refractivity (Wildman–Crippen MR) is 72.6 cm³/mol. The zero-order chi connectivity index (χ0) is 16.3. The SMILES string of the molecule is CNC(=O)C(C)(NO)C(=N)c1ccc(SC(F)(F)F)cc1. The molecule has 0 fully saturated rings. The highest BCUT2D eigenvalue weighted by atomic mass is 32.2. The number of hydroxylamine groups is 1. The summed E-state index contributed by atoms with van der Waals surface area (Å²) in [5, 5.41) is 19.4. The Hall–Kier alpha value is -1.58. The van der Waals surface area contributed by atoms with Crippen LogP contribution in [0, 0.1) is 5.41 Å². The van der Waals surface area contributed by atoms with Crippen LogP contribution in [0.25, 0.3) is 0 Å². The van der Waals surface area contributed by atoms with E-state index in [-0.39, 0.29) is 27.9 Å². The van der Waals surface area contributed by atoms with Crippen LogP contribution < -0.4 is 10.8 Å². The van der Waals surface area contributed by atoms with Gasteiger partial charge in [0.25, 0.3) is 0 Å². The van der Waals surface area contributed by atoms with Gasteiger partial charge in [0.15, 0.2) is 5.54 Å². The molecule has 1 unspecified atom stereocenters. The Morgan fingerprint density at radius 2 is 1.81 bits per heavy atom.